The van der Waals surface area contributed by atoms with Crippen molar-refractivity contribution in [3.63, 3.8) is 0 Å². The molecule has 0 aliphatic carbocycles. The van der Waals surface area contributed by atoms with Crippen molar-refractivity contribution in [1.82, 2.24) is 14.8 Å². The number of rotatable bonds is 11. The number of benzene rings is 3. The molecular weight excluding hydrogens is 484 g/mol. The lowest BCUT2D eigenvalue weighted by Crippen LogP contribution is -2.14. The quantitative estimate of drug-likeness (QED) is 0.235. The van der Waals surface area contributed by atoms with Gasteiger partial charge in [-0.3, -0.25) is 9.36 Å². The van der Waals surface area contributed by atoms with Gasteiger partial charge in [0.1, 0.15) is 11.5 Å². The van der Waals surface area contributed by atoms with E-state index in [0.29, 0.717) is 22.5 Å². The molecule has 8 heteroatoms. The Bertz CT molecular complexity index is 1330. The summed E-state index contributed by atoms with van der Waals surface area (Å²) in [7, 11) is 3.24. The van der Waals surface area contributed by atoms with Gasteiger partial charge in [0.05, 0.1) is 25.7 Å². The number of amides is 1. The van der Waals surface area contributed by atoms with E-state index in [4.69, 9.17) is 9.47 Å². The summed E-state index contributed by atoms with van der Waals surface area (Å²) in [5.41, 5.74) is 4.84. The molecule has 4 aromatic rings. The Morgan fingerprint density at radius 3 is 2.41 bits per heavy atom. The first-order chi connectivity index (χ1) is 18.0. The summed E-state index contributed by atoms with van der Waals surface area (Å²) in [5.74, 6) is 2.03. The summed E-state index contributed by atoms with van der Waals surface area (Å²) >= 11 is 1.32. The molecular formula is C29H32N4O3S. The summed E-state index contributed by atoms with van der Waals surface area (Å²) in [6.45, 7) is 4.22. The normalized spacial score (nSPS) is 10.8. The second-order valence-corrected chi connectivity index (χ2v) is 9.63. The number of anilines is 1. The average molecular weight is 517 g/mol. The zero-order valence-electron chi connectivity index (χ0n) is 21.7. The lowest BCUT2D eigenvalue weighted by molar-refractivity contribution is -0.113. The fraction of sp³-hybridized carbons (Fsp3) is 0.276. The van der Waals surface area contributed by atoms with E-state index in [1.165, 1.54) is 17.3 Å². The SMILES string of the molecule is CCCCc1ccc(NC(=O)CSc2nnc(-c3ccc(C)cc3)n2-c2cc(OC)ccc2OC)cc1. The molecule has 1 amide bonds. The molecule has 0 aliphatic rings. The molecule has 1 aromatic heterocycles. The van der Waals surface area contributed by atoms with E-state index >= 15 is 0 Å². The highest BCUT2D eigenvalue weighted by atomic mass is 32.2. The van der Waals surface area contributed by atoms with Gasteiger partial charge in [0.25, 0.3) is 0 Å². The lowest BCUT2D eigenvalue weighted by atomic mass is 10.1. The van der Waals surface area contributed by atoms with Crippen molar-refractivity contribution in [1.29, 1.82) is 0 Å². The van der Waals surface area contributed by atoms with Crippen LogP contribution in [0.5, 0.6) is 11.5 Å². The predicted molar refractivity (Wildman–Crippen MR) is 149 cm³/mol. The van der Waals surface area contributed by atoms with Gasteiger partial charge >= 0.3 is 0 Å². The van der Waals surface area contributed by atoms with Crippen LogP contribution in [0.15, 0.2) is 71.9 Å². The average Bonchev–Trinajstić information content (AvgIpc) is 3.35. The van der Waals surface area contributed by atoms with Crippen LogP contribution >= 0.6 is 11.8 Å². The third kappa shape index (κ3) is 6.51. The molecule has 37 heavy (non-hydrogen) atoms. The van der Waals surface area contributed by atoms with Gasteiger partial charge in [-0.15, -0.1) is 10.2 Å². The Kier molecular flexibility index (Phi) is 8.85. The van der Waals surface area contributed by atoms with Crippen molar-refractivity contribution < 1.29 is 14.3 Å². The number of unbranched alkanes of at least 4 members (excludes halogenated alkanes) is 1. The number of aromatic nitrogens is 3. The van der Waals surface area contributed by atoms with Gasteiger partial charge in [-0.2, -0.15) is 0 Å². The van der Waals surface area contributed by atoms with Crippen molar-refractivity contribution in [2.45, 2.75) is 38.3 Å². The number of carbonyl (C=O) groups excluding carboxylic acids is 1. The van der Waals surface area contributed by atoms with Crippen molar-refractivity contribution in [3.05, 3.63) is 77.9 Å². The van der Waals surface area contributed by atoms with Crippen molar-refractivity contribution in [2.75, 3.05) is 25.3 Å². The molecule has 1 heterocycles. The highest BCUT2D eigenvalue weighted by molar-refractivity contribution is 7.99. The fourth-order valence-electron chi connectivity index (χ4n) is 3.90. The number of nitrogens with one attached hydrogen (secondary N) is 1. The van der Waals surface area contributed by atoms with E-state index in [2.05, 4.69) is 34.6 Å². The second-order valence-electron chi connectivity index (χ2n) is 8.68. The van der Waals surface area contributed by atoms with Gasteiger partial charge in [-0.1, -0.05) is 67.1 Å². The summed E-state index contributed by atoms with van der Waals surface area (Å²) in [5, 5.41) is 12.5. The van der Waals surface area contributed by atoms with E-state index in [1.54, 1.807) is 14.2 Å². The van der Waals surface area contributed by atoms with Gasteiger partial charge < -0.3 is 14.8 Å². The standard InChI is InChI=1S/C29H32N4O3S/c1-5-6-7-21-10-14-23(15-11-21)30-27(34)19-37-29-32-31-28(22-12-8-20(2)9-13-22)33(29)25-18-24(35-3)16-17-26(25)36-4/h8-18H,5-7,19H2,1-4H3,(H,30,34). The maximum absolute atomic E-state index is 12.8. The third-order valence-corrected chi connectivity index (χ3v) is 6.89. The molecule has 0 radical (unpaired) electrons. The van der Waals surface area contributed by atoms with Crippen LogP contribution in [-0.2, 0) is 11.2 Å². The second kappa shape index (κ2) is 12.5. The van der Waals surface area contributed by atoms with Gasteiger partial charge in [0, 0.05) is 17.3 Å². The molecule has 0 aliphatic heterocycles. The Morgan fingerprint density at radius 1 is 0.973 bits per heavy atom. The Hall–Kier alpha value is -3.78. The Balaban J connectivity index is 1.59. The van der Waals surface area contributed by atoms with E-state index in [9.17, 15) is 4.79 Å². The molecule has 0 spiro atoms. The third-order valence-electron chi connectivity index (χ3n) is 5.96. The summed E-state index contributed by atoms with van der Waals surface area (Å²) in [4.78, 5) is 12.8. The molecule has 1 N–H and O–H groups in total. The van der Waals surface area contributed by atoms with Gasteiger partial charge in [-0.05, 0) is 49.6 Å². The van der Waals surface area contributed by atoms with Crippen LogP contribution in [0.2, 0.25) is 0 Å². The monoisotopic (exact) mass is 516 g/mol. The minimum atomic E-state index is -0.115. The maximum Gasteiger partial charge on any atom is 0.234 e. The van der Waals surface area contributed by atoms with E-state index in [-0.39, 0.29) is 11.7 Å². The summed E-state index contributed by atoms with van der Waals surface area (Å²) < 4.78 is 13.0. The number of thioether (sulfide) groups is 1. The molecule has 3 aromatic carbocycles. The molecule has 7 nitrogen and oxygen atoms in total. The minimum absolute atomic E-state index is 0.115. The Morgan fingerprint density at radius 2 is 1.73 bits per heavy atom. The van der Waals surface area contributed by atoms with Crippen molar-refractivity contribution in [3.8, 4) is 28.6 Å². The minimum Gasteiger partial charge on any atom is -0.497 e. The number of hydrogen-bond acceptors (Lipinski definition) is 6. The highest BCUT2D eigenvalue weighted by Crippen LogP contribution is 2.35. The van der Waals surface area contributed by atoms with Crippen LogP contribution in [0.3, 0.4) is 0 Å². The molecule has 0 atom stereocenters. The molecule has 0 fully saturated rings. The number of ether oxygens (including phenoxy) is 2. The van der Waals surface area contributed by atoms with E-state index in [0.717, 1.165) is 41.8 Å². The van der Waals surface area contributed by atoms with Crippen molar-refractivity contribution in [2.24, 2.45) is 0 Å². The zero-order valence-corrected chi connectivity index (χ0v) is 22.5. The number of hydrogen-bond donors (Lipinski definition) is 1. The first-order valence-electron chi connectivity index (χ1n) is 12.3. The van der Waals surface area contributed by atoms with Crippen LogP contribution in [0.1, 0.15) is 30.9 Å². The van der Waals surface area contributed by atoms with Crippen LogP contribution in [-0.4, -0.2) is 40.6 Å². The summed E-state index contributed by atoms with van der Waals surface area (Å²) in [6.07, 6.45) is 3.37. The molecule has 4 rings (SSSR count). The molecule has 0 bridgehead atoms. The number of carbonyl (C=O) groups is 1. The van der Waals surface area contributed by atoms with Crippen LogP contribution in [0.25, 0.3) is 17.1 Å². The first-order valence-corrected chi connectivity index (χ1v) is 13.3. The van der Waals surface area contributed by atoms with Crippen LogP contribution in [0.4, 0.5) is 5.69 Å². The smallest absolute Gasteiger partial charge is 0.234 e. The topological polar surface area (TPSA) is 78.3 Å². The first kappa shape index (κ1) is 26.3. The maximum atomic E-state index is 12.8. The fourth-order valence-corrected chi connectivity index (χ4v) is 4.65. The van der Waals surface area contributed by atoms with Gasteiger partial charge in [0.2, 0.25) is 5.91 Å². The lowest BCUT2D eigenvalue weighted by Gasteiger charge is -2.15. The van der Waals surface area contributed by atoms with Crippen LogP contribution in [0, 0.1) is 6.92 Å². The Labute approximate surface area is 222 Å². The molecule has 0 unspecified atom stereocenters. The predicted octanol–water partition coefficient (Wildman–Crippen LogP) is 6.33. The van der Waals surface area contributed by atoms with Crippen LogP contribution < -0.4 is 14.8 Å². The highest BCUT2D eigenvalue weighted by Gasteiger charge is 2.21. The largest absolute Gasteiger partial charge is 0.497 e. The van der Waals surface area contributed by atoms with Gasteiger partial charge in [-0.25, -0.2) is 0 Å². The van der Waals surface area contributed by atoms with E-state index < -0.39 is 0 Å². The van der Waals surface area contributed by atoms with E-state index in [1.807, 2.05) is 66.1 Å². The zero-order chi connectivity index (χ0) is 26.2. The number of nitrogens with zero attached hydrogens (tertiary/aromatic N) is 3. The van der Waals surface area contributed by atoms with Gasteiger partial charge in [0.15, 0.2) is 11.0 Å². The number of aryl methyl sites for hydroxylation is 2. The number of methoxy groups -OCH3 is 2. The van der Waals surface area contributed by atoms with Crippen molar-refractivity contribution >= 4 is 23.4 Å². The molecule has 0 saturated heterocycles. The molecule has 0 saturated carbocycles. The molecule has 192 valence electrons. The summed E-state index contributed by atoms with van der Waals surface area (Å²) in [6, 6.07) is 21.7.